The summed E-state index contributed by atoms with van der Waals surface area (Å²) in [5, 5.41) is 0. The lowest BCUT2D eigenvalue weighted by Gasteiger charge is -2.38. The minimum absolute atomic E-state index is 0.0359. The number of rotatable bonds is 2. The molecule has 0 atom stereocenters. The topological polar surface area (TPSA) is 20.3 Å². The van der Waals surface area contributed by atoms with Crippen molar-refractivity contribution in [1.29, 1.82) is 0 Å². The first-order valence-electron chi connectivity index (χ1n) is 4.04. The molecule has 2 heteroatoms. The molecule has 0 heterocycles. The molecule has 0 radical (unpaired) electrons. The fourth-order valence-electron chi connectivity index (χ4n) is 0.793. The predicted octanol–water partition coefficient (Wildman–Crippen LogP) is 1.90. The third-order valence-electron chi connectivity index (χ3n) is 2.75. The van der Waals surface area contributed by atoms with E-state index >= 15 is 0 Å². The molecule has 0 aromatic heterocycles. The smallest absolute Gasteiger partial charge is 0.219 e. The van der Waals surface area contributed by atoms with Crippen molar-refractivity contribution in [2.24, 2.45) is 5.92 Å². The first-order chi connectivity index (χ1) is 4.80. The number of carbonyl (C=O) groups is 1. The van der Waals surface area contributed by atoms with Gasteiger partial charge in [0.15, 0.2) is 0 Å². The molecule has 0 aliphatic heterocycles. The summed E-state index contributed by atoms with van der Waals surface area (Å²) in [4.78, 5) is 12.8. The van der Waals surface area contributed by atoms with Crippen molar-refractivity contribution in [3.05, 3.63) is 0 Å². The van der Waals surface area contributed by atoms with Gasteiger partial charge in [0.25, 0.3) is 0 Å². The minimum atomic E-state index is -0.0359. The Kier molecular flexibility index (Phi) is 3.09. The van der Waals surface area contributed by atoms with Gasteiger partial charge in [-0.05, 0) is 19.8 Å². The molecule has 1 amide bonds. The molecule has 0 aliphatic rings. The van der Waals surface area contributed by atoms with E-state index in [2.05, 4.69) is 27.7 Å². The first kappa shape index (κ1) is 10.5. The summed E-state index contributed by atoms with van der Waals surface area (Å²) in [5.41, 5.74) is -0.0359. The largest absolute Gasteiger partial charge is 0.341 e. The van der Waals surface area contributed by atoms with Crippen molar-refractivity contribution in [3.8, 4) is 0 Å². The van der Waals surface area contributed by atoms with E-state index in [9.17, 15) is 4.79 Å². The van der Waals surface area contributed by atoms with Crippen molar-refractivity contribution >= 4 is 5.91 Å². The maximum absolute atomic E-state index is 11.0. The average molecular weight is 157 g/mol. The van der Waals surface area contributed by atoms with Crippen molar-refractivity contribution < 1.29 is 4.79 Å². The molecule has 0 aliphatic carbocycles. The van der Waals surface area contributed by atoms with Gasteiger partial charge in [0.05, 0.1) is 0 Å². The van der Waals surface area contributed by atoms with E-state index in [4.69, 9.17) is 0 Å². The number of carbonyl (C=O) groups excluding carboxylic acids is 1. The van der Waals surface area contributed by atoms with Gasteiger partial charge in [-0.2, -0.15) is 0 Å². The van der Waals surface area contributed by atoms with Crippen LogP contribution in [-0.2, 0) is 4.79 Å². The van der Waals surface area contributed by atoms with Crippen LogP contribution in [0.25, 0.3) is 0 Å². The van der Waals surface area contributed by atoms with Crippen LogP contribution in [0.3, 0.4) is 0 Å². The zero-order valence-electron chi connectivity index (χ0n) is 8.43. The summed E-state index contributed by atoms with van der Waals surface area (Å²) in [6.07, 6.45) is 0. The van der Waals surface area contributed by atoms with E-state index in [-0.39, 0.29) is 11.4 Å². The normalized spacial score (nSPS) is 11.9. The summed E-state index contributed by atoms with van der Waals surface area (Å²) in [6, 6.07) is 0. The molecule has 0 aromatic carbocycles. The molecule has 0 saturated carbocycles. The minimum Gasteiger partial charge on any atom is -0.341 e. The Labute approximate surface area is 69.6 Å². The Morgan fingerprint density at radius 1 is 1.36 bits per heavy atom. The van der Waals surface area contributed by atoms with E-state index < -0.39 is 0 Å². The van der Waals surface area contributed by atoms with Crippen molar-refractivity contribution in [1.82, 2.24) is 4.90 Å². The van der Waals surface area contributed by atoms with Crippen molar-refractivity contribution in [2.75, 3.05) is 7.05 Å². The molecule has 0 bridgehead atoms. The summed E-state index contributed by atoms with van der Waals surface area (Å²) in [5.74, 6) is 0.611. The first-order valence-corrected chi connectivity index (χ1v) is 4.04. The van der Waals surface area contributed by atoms with Crippen LogP contribution in [0.4, 0.5) is 0 Å². The SMILES string of the molecule is CC(=O)N(C)C(C)(C)C(C)C. The van der Waals surface area contributed by atoms with Crippen LogP contribution in [0, 0.1) is 5.92 Å². The molecular formula is C9H19NO. The Morgan fingerprint density at radius 2 is 1.73 bits per heavy atom. The van der Waals surface area contributed by atoms with E-state index in [0.29, 0.717) is 5.92 Å². The second-order valence-electron chi connectivity index (χ2n) is 3.89. The third kappa shape index (κ3) is 2.21. The van der Waals surface area contributed by atoms with Crippen LogP contribution in [-0.4, -0.2) is 23.4 Å². The molecule has 0 spiro atoms. The summed E-state index contributed by atoms with van der Waals surface area (Å²) in [6.45, 7) is 10.0. The molecule has 0 N–H and O–H groups in total. The van der Waals surface area contributed by atoms with Gasteiger partial charge in [-0.1, -0.05) is 13.8 Å². The van der Waals surface area contributed by atoms with Gasteiger partial charge in [0.2, 0.25) is 5.91 Å². The van der Waals surface area contributed by atoms with Gasteiger partial charge in [0, 0.05) is 19.5 Å². The maximum Gasteiger partial charge on any atom is 0.219 e. The van der Waals surface area contributed by atoms with Gasteiger partial charge in [-0.3, -0.25) is 4.79 Å². The van der Waals surface area contributed by atoms with Crippen molar-refractivity contribution in [2.45, 2.75) is 40.2 Å². The number of hydrogen-bond donors (Lipinski definition) is 0. The highest BCUT2D eigenvalue weighted by molar-refractivity contribution is 5.73. The highest BCUT2D eigenvalue weighted by Gasteiger charge is 2.28. The van der Waals surface area contributed by atoms with Gasteiger partial charge in [-0.15, -0.1) is 0 Å². The highest BCUT2D eigenvalue weighted by Crippen LogP contribution is 2.22. The lowest BCUT2D eigenvalue weighted by Crippen LogP contribution is -2.47. The quantitative estimate of drug-likeness (QED) is 0.599. The van der Waals surface area contributed by atoms with Crippen LogP contribution in [0.2, 0.25) is 0 Å². The molecule has 0 unspecified atom stereocenters. The standard InChI is InChI=1S/C9H19NO/c1-7(2)9(4,5)10(6)8(3)11/h7H,1-6H3. The van der Waals surface area contributed by atoms with Crippen LogP contribution < -0.4 is 0 Å². The number of amides is 1. The van der Waals surface area contributed by atoms with Crippen LogP contribution in [0.15, 0.2) is 0 Å². The molecule has 0 fully saturated rings. The Morgan fingerprint density at radius 3 is 1.82 bits per heavy atom. The Hall–Kier alpha value is -0.530. The molecule has 11 heavy (non-hydrogen) atoms. The summed E-state index contributed by atoms with van der Waals surface area (Å²) in [7, 11) is 1.85. The van der Waals surface area contributed by atoms with E-state index in [1.807, 2.05) is 7.05 Å². The van der Waals surface area contributed by atoms with Crippen LogP contribution in [0.1, 0.15) is 34.6 Å². The zero-order valence-corrected chi connectivity index (χ0v) is 8.43. The molecular weight excluding hydrogens is 138 g/mol. The van der Waals surface area contributed by atoms with E-state index in [1.54, 1.807) is 11.8 Å². The van der Waals surface area contributed by atoms with E-state index in [0.717, 1.165) is 0 Å². The fraction of sp³-hybridized carbons (Fsp3) is 0.889. The highest BCUT2D eigenvalue weighted by atomic mass is 16.2. The molecule has 0 rings (SSSR count). The van der Waals surface area contributed by atoms with Gasteiger partial charge >= 0.3 is 0 Å². The summed E-state index contributed by atoms with van der Waals surface area (Å²) < 4.78 is 0. The number of hydrogen-bond acceptors (Lipinski definition) is 1. The van der Waals surface area contributed by atoms with Crippen molar-refractivity contribution in [3.63, 3.8) is 0 Å². The fourth-order valence-corrected chi connectivity index (χ4v) is 0.793. The lowest BCUT2D eigenvalue weighted by atomic mass is 9.89. The Bertz CT molecular complexity index is 150. The van der Waals surface area contributed by atoms with Gasteiger partial charge < -0.3 is 4.90 Å². The lowest BCUT2D eigenvalue weighted by molar-refractivity contribution is -0.133. The summed E-state index contributed by atoms with van der Waals surface area (Å²) >= 11 is 0. The monoisotopic (exact) mass is 157 g/mol. The second kappa shape index (κ2) is 3.24. The third-order valence-corrected chi connectivity index (χ3v) is 2.75. The average Bonchev–Trinajstić information content (AvgIpc) is 1.85. The van der Waals surface area contributed by atoms with Crippen LogP contribution in [0.5, 0.6) is 0 Å². The van der Waals surface area contributed by atoms with E-state index in [1.165, 1.54) is 0 Å². The second-order valence-corrected chi connectivity index (χ2v) is 3.89. The molecule has 66 valence electrons. The maximum atomic E-state index is 11.0. The van der Waals surface area contributed by atoms with Crippen LogP contribution >= 0.6 is 0 Å². The molecule has 0 aromatic rings. The van der Waals surface area contributed by atoms with Gasteiger partial charge in [-0.25, -0.2) is 0 Å². The van der Waals surface area contributed by atoms with Gasteiger partial charge in [0.1, 0.15) is 0 Å². The predicted molar refractivity (Wildman–Crippen MR) is 47.4 cm³/mol. The molecule has 0 saturated heterocycles. The zero-order chi connectivity index (χ0) is 9.23. The molecule has 2 nitrogen and oxygen atoms in total. The Balaban J connectivity index is 4.41. The number of nitrogens with zero attached hydrogens (tertiary/aromatic N) is 1.